The molecule has 0 aliphatic carbocycles. The van der Waals surface area contributed by atoms with Crippen LogP contribution < -0.4 is 0 Å². The third kappa shape index (κ3) is 4.07. The molecular weight excluding hydrogens is 173 g/mol. The maximum absolute atomic E-state index is 6.14. The monoisotopic (exact) mass is 195 g/mol. The zero-order valence-corrected chi connectivity index (χ0v) is 11.1. The summed E-state index contributed by atoms with van der Waals surface area (Å²) in [7, 11) is 6.14. The van der Waals surface area contributed by atoms with E-state index in [0.29, 0.717) is 0 Å². The van der Waals surface area contributed by atoms with E-state index in [-0.39, 0.29) is 18.4 Å². The molecule has 0 nitrogen and oxygen atoms in total. The second-order valence-corrected chi connectivity index (χ2v) is 7.95. The van der Waals surface area contributed by atoms with Crippen LogP contribution in [0.3, 0.4) is 0 Å². The Bertz CT molecular complexity index is 159. The third-order valence-corrected chi connectivity index (χ3v) is 5.68. The fourth-order valence-corrected chi connectivity index (χ4v) is 2.47. The van der Waals surface area contributed by atoms with Crippen LogP contribution in [0.25, 0.3) is 0 Å². The smallest absolute Gasteiger partial charge is 0.148 e. The van der Waals surface area contributed by atoms with Crippen molar-refractivity contribution in [3.05, 3.63) is 0 Å². The highest BCUT2D eigenvalue weighted by atomic mass is 31.1. The first-order chi connectivity index (χ1) is 5.58. The van der Waals surface area contributed by atoms with E-state index in [9.17, 15) is 0 Å². The minimum atomic E-state index is -0.127. The predicted molar refractivity (Wildman–Crippen MR) is 67.6 cm³/mol. The highest BCUT2D eigenvalue weighted by Crippen LogP contribution is 2.54. The molecule has 0 aromatic heterocycles. The molecule has 3 heteroatoms. The van der Waals surface area contributed by atoms with Gasteiger partial charge in [-0.15, -0.1) is 7.80 Å². The van der Waals surface area contributed by atoms with Crippen molar-refractivity contribution in [3.8, 4) is 0 Å². The van der Waals surface area contributed by atoms with Crippen LogP contribution in [-0.2, 0) is 0 Å². The van der Waals surface area contributed by atoms with E-state index in [1.165, 1.54) is 0 Å². The fourth-order valence-electron chi connectivity index (χ4n) is 0.825. The normalized spacial score (nSPS) is 16.0. The second kappa shape index (κ2) is 4.39. The topological polar surface area (TPSA) is 0 Å². The Hall–Kier alpha value is 0.560. The molecule has 0 spiro atoms. The average Bonchev–Trinajstić information content (AvgIpc) is 1.83. The lowest BCUT2D eigenvalue weighted by atomic mass is 9.47. The third-order valence-electron chi connectivity index (χ3n) is 3.00. The Morgan fingerprint density at radius 3 is 1.77 bits per heavy atom. The first kappa shape index (κ1) is 13.6. The lowest BCUT2D eigenvalue weighted by Gasteiger charge is -2.41. The summed E-state index contributed by atoms with van der Waals surface area (Å²) < 4.78 is 0. The SMILES string of the molecule is [B]C(C)(C)C(C)(C)[B]P(C)C(C)C. The average molecular weight is 195 g/mol. The van der Waals surface area contributed by atoms with Crippen molar-refractivity contribution in [2.45, 2.75) is 57.8 Å². The molecule has 13 heavy (non-hydrogen) atoms. The van der Waals surface area contributed by atoms with Crippen molar-refractivity contribution in [3.63, 3.8) is 0 Å². The molecule has 0 aliphatic rings. The Morgan fingerprint density at radius 2 is 1.54 bits per heavy atom. The van der Waals surface area contributed by atoms with Crippen LogP contribution in [0, 0.1) is 0 Å². The summed E-state index contributed by atoms with van der Waals surface area (Å²) in [5, 5.41) is -0.00376. The molecule has 1 unspecified atom stereocenters. The quantitative estimate of drug-likeness (QED) is 0.473. The van der Waals surface area contributed by atoms with Crippen LogP contribution in [0.4, 0.5) is 0 Å². The molecule has 3 radical (unpaired) electrons. The molecule has 0 aromatic rings. The van der Waals surface area contributed by atoms with Gasteiger partial charge in [0.1, 0.15) is 0 Å². The van der Waals surface area contributed by atoms with Crippen LogP contribution in [0.1, 0.15) is 41.5 Å². The summed E-state index contributed by atoms with van der Waals surface area (Å²) in [4.78, 5) is 0. The van der Waals surface area contributed by atoms with Gasteiger partial charge in [-0.05, 0) is 5.66 Å². The minimum absolute atomic E-state index is 0.00314. The molecule has 1 atom stereocenters. The van der Waals surface area contributed by atoms with Crippen molar-refractivity contribution in [1.82, 2.24) is 0 Å². The van der Waals surface area contributed by atoms with E-state index in [1.807, 2.05) is 0 Å². The summed E-state index contributed by atoms with van der Waals surface area (Å²) >= 11 is 0. The molecule has 0 N–H and O–H groups in total. The van der Waals surface area contributed by atoms with Gasteiger partial charge in [-0.25, -0.2) is 0 Å². The standard InChI is InChI=1S/C10H22B2P/c1-8(2)13(7)12-10(5,6)9(3,4)11/h8H,1-7H3. The van der Waals surface area contributed by atoms with Gasteiger partial charge in [0, 0.05) is 0 Å². The summed E-state index contributed by atoms with van der Waals surface area (Å²) in [5.74, 6) is 0. The molecule has 0 fully saturated rings. The van der Waals surface area contributed by atoms with Crippen LogP contribution in [0.15, 0.2) is 0 Å². The van der Waals surface area contributed by atoms with Gasteiger partial charge >= 0.3 is 0 Å². The van der Waals surface area contributed by atoms with E-state index in [1.54, 1.807) is 0 Å². The first-order valence-electron chi connectivity index (χ1n) is 4.95. The first-order valence-corrected chi connectivity index (χ1v) is 6.87. The Labute approximate surface area is 87.6 Å². The summed E-state index contributed by atoms with van der Waals surface area (Å²) in [6.45, 7) is 18.0. The summed E-state index contributed by atoms with van der Waals surface area (Å²) in [6.07, 6.45) is 0. The van der Waals surface area contributed by atoms with Crippen molar-refractivity contribution >= 4 is 22.6 Å². The summed E-state index contributed by atoms with van der Waals surface area (Å²) in [6, 6.07) is 0. The Kier molecular flexibility index (Phi) is 4.58. The van der Waals surface area contributed by atoms with Crippen LogP contribution >= 0.6 is 7.80 Å². The maximum atomic E-state index is 6.14. The van der Waals surface area contributed by atoms with E-state index in [4.69, 9.17) is 7.85 Å². The lowest BCUT2D eigenvalue weighted by Crippen LogP contribution is -2.26. The fraction of sp³-hybridized carbons (Fsp3) is 1.00. The van der Waals surface area contributed by atoms with Crippen molar-refractivity contribution < 1.29 is 0 Å². The van der Waals surface area contributed by atoms with Gasteiger partial charge in [0.2, 0.25) is 0 Å². The minimum Gasteiger partial charge on any atom is -0.148 e. The van der Waals surface area contributed by atoms with Crippen LogP contribution in [0.5, 0.6) is 0 Å². The van der Waals surface area contributed by atoms with Crippen LogP contribution in [0.2, 0.25) is 10.6 Å². The highest BCUT2D eigenvalue weighted by molar-refractivity contribution is 7.86. The molecule has 0 saturated heterocycles. The summed E-state index contributed by atoms with van der Waals surface area (Å²) in [5.41, 5.74) is 0.761. The lowest BCUT2D eigenvalue weighted by molar-refractivity contribution is 0.502. The Morgan fingerprint density at radius 1 is 1.15 bits per heavy atom. The molecule has 0 bridgehead atoms. The van der Waals surface area contributed by atoms with E-state index < -0.39 is 0 Å². The predicted octanol–water partition coefficient (Wildman–Crippen LogP) is 3.69. The molecule has 0 heterocycles. The molecule has 0 amide bonds. The Balaban J connectivity index is 4.34. The van der Waals surface area contributed by atoms with Crippen molar-refractivity contribution in [2.75, 3.05) is 6.66 Å². The largest absolute Gasteiger partial charge is 0.152 e. The molecule has 0 aromatic carbocycles. The van der Waals surface area contributed by atoms with E-state index in [2.05, 4.69) is 55.2 Å². The molecule has 0 rings (SSSR count). The van der Waals surface area contributed by atoms with Gasteiger partial charge in [-0.2, -0.15) is 0 Å². The zero-order valence-electron chi connectivity index (χ0n) is 10.2. The molecule has 0 saturated carbocycles. The van der Waals surface area contributed by atoms with Gasteiger partial charge in [-0.3, -0.25) is 0 Å². The molecule has 0 aliphatic heterocycles. The van der Waals surface area contributed by atoms with Gasteiger partial charge in [0.15, 0.2) is 7.00 Å². The van der Waals surface area contributed by atoms with E-state index >= 15 is 0 Å². The number of hydrogen-bond donors (Lipinski definition) is 0. The van der Waals surface area contributed by atoms with Gasteiger partial charge in [-0.1, -0.05) is 58.8 Å². The van der Waals surface area contributed by atoms with Gasteiger partial charge < -0.3 is 0 Å². The van der Waals surface area contributed by atoms with E-state index in [0.717, 1.165) is 5.66 Å². The zero-order chi connectivity index (χ0) is 10.9. The van der Waals surface area contributed by atoms with Gasteiger partial charge in [0.05, 0.1) is 7.85 Å². The van der Waals surface area contributed by atoms with Gasteiger partial charge in [0.25, 0.3) is 0 Å². The van der Waals surface area contributed by atoms with Crippen molar-refractivity contribution in [1.29, 1.82) is 0 Å². The van der Waals surface area contributed by atoms with Crippen LogP contribution in [-0.4, -0.2) is 27.2 Å². The molecular formula is C10H22B2P. The number of rotatable bonds is 4. The van der Waals surface area contributed by atoms with Crippen molar-refractivity contribution in [2.24, 2.45) is 0 Å². The molecule has 73 valence electrons. The maximum Gasteiger partial charge on any atom is 0.152 e. The highest BCUT2D eigenvalue weighted by Gasteiger charge is 2.34. The number of hydrogen-bond acceptors (Lipinski definition) is 0. The second-order valence-electron chi connectivity index (χ2n) is 5.33.